The molecule has 3 unspecified atom stereocenters. The van der Waals surface area contributed by atoms with Crippen LogP contribution in [0.3, 0.4) is 0 Å². The number of benzene rings is 1. The molecule has 1 aromatic carbocycles. The van der Waals surface area contributed by atoms with E-state index in [1.807, 2.05) is 12.1 Å². The first-order valence-corrected chi connectivity index (χ1v) is 8.33. The summed E-state index contributed by atoms with van der Waals surface area (Å²) in [6.45, 7) is 3.13. The van der Waals surface area contributed by atoms with Crippen molar-refractivity contribution >= 4 is 0 Å². The maximum atomic E-state index is 13.9. The third-order valence-corrected chi connectivity index (χ3v) is 4.66. The van der Waals surface area contributed by atoms with Gasteiger partial charge in [0.25, 0.3) is 0 Å². The van der Waals surface area contributed by atoms with E-state index in [0.717, 1.165) is 37.8 Å². The van der Waals surface area contributed by atoms with Crippen molar-refractivity contribution in [3.63, 3.8) is 0 Å². The Balaban J connectivity index is 1.59. The fourth-order valence-corrected chi connectivity index (χ4v) is 3.26. The molecule has 3 rings (SSSR count). The average molecular weight is 291 g/mol. The van der Waals surface area contributed by atoms with Gasteiger partial charge in [-0.3, -0.25) is 0 Å². The maximum absolute atomic E-state index is 13.9. The van der Waals surface area contributed by atoms with Crippen molar-refractivity contribution in [2.75, 3.05) is 6.54 Å². The molecular formula is C18H26FNO. The van der Waals surface area contributed by atoms with E-state index in [-0.39, 0.29) is 5.82 Å². The quantitative estimate of drug-likeness (QED) is 0.827. The van der Waals surface area contributed by atoms with E-state index < -0.39 is 0 Å². The molecule has 1 aliphatic carbocycles. The van der Waals surface area contributed by atoms with Crippen LogP contribution in [0.4, 0.5) is 4.39 Å². The van der Waals surface area contributed by atoms with Crippen molar-refractivity contribution in [2.24, 2.45) is 5.92 Å². The molecule has 21 heavy (non-hydrogen) atoms. The Hall–Kier alpha value is -0.930. The summed E-state index contributed by atoms with van der Waals surface area (Å²) in [6, 6.07) is 7.87. The van der Waals surface area contributed by atoms with Crippen LogP contribution in [0.2, 0.25) is 0 Å². The second-order valence-electron chi connectivity index (χ2n) is 6.73. The Labute approximate surface area is 127 Å². The Morgan fingerprint density at radius 2 is 2.05 bits per heavy atom. The maximum Gasteiger partial charge on any atom is 0.126 e. The molecule has 116 valence electrons. The van der Waals surface area contributed by atoms with Crippen LogP contribution in [0.15, 0.2) is 24.3 Å². The van der Waals surface area contributed by atoms with Gasteiger partial charge in [-0.05, 0) is 69.5 Å². The summed E-state index contributed by atoms with van der Waals surface area (Å²) < 4.78 is 19.8. The summed E-state index contributed by atoms with van der Waals surface area (Å²) in [5.74, 6) is 0.382. The number of nitrogens with one attached hydrogen (secondary N) is 1. The van der Waals surface area contributed by atoms with Crippen LogP contribution in [-0.4, -0.2) is 24.8 Å². The molecule has 1 saturated heterocycles. The lowest BCUT2D eigenvalue weighted by Gasteiger charge is -2.22. The minimum Gasteiger partial charge on any atom is -0.375 e. The largest absolute Gasteiger partial charge is 0.375 e. The van der Waals surface area contributed by atoms with Gasteiger partial charge >= 0.3 is 0 Å². The highest BCUT2D eigenvalue weighted by Gasteiger charge is 2.27. The second-order valence-corrected chi connectivity index (χ2v) is 6.73. The third kappa shape index (κ3) is 4.52. The van der Waals surface area contributed by atoms with Crippen molar-refractivity contribution in [1.29, 1.82) is 0 Å². The molecule has 2 nitrogen and oxygen atoms in total. The van der Waals surface area contributed by atoms with E-state index in [9.17, 15) is 4.39 Å². The molecule has 1 aromatic rings. The van der Waals surface area contributed by atoms with Gasteiger partial charge in [0.1, 0.15) is 5.82 Å². The summed E-state index contributed by atoms with van der Waals surface area (Å²) >= 11 is 0. The van der Waals surface area contributed by atoms with Gasteiger partial charge < -0.3 is 10.1 Å². The van der Waals surface area contributed by atoms with Gasteiger partial charge in [-0.1, -0.05) is 18.2 Å². The SMILES string of the molecule is CC1CCC(CC(CNC2CC2)Cc2ccccc2F)O1. The number of ether oxygens (including phenoxy) is 1. The molecule has 0 radical (unpaired) electrons. The lowest BCUT2D eigenvalue weighted by atomic mass is 9.92. The van der Waals surface area contributed by atoms with Crippen molar-refractivity contribution in [3.05, 3.63) is 35.6 Å². The molecule has 0 amide bonds. The van der Waals surface area contributed by atoms with Crippen molar-refractivity contribution in [3.8, 4) is 0 Å². The summed E-state index contributed by atoms with van der Waals surface area (Å²) in [6.07, 6.45) is 7.50. The van der Waals surface area contributed by atoms with Gasteiger partial charge in [0.2, 0.25) is 0 Å². The summed E-state index contributed by atoms with van der Waals surface area (Å²) in [5, 5.41) is 3.60. The molecule has 2 fully saturated rings. The fraction of sp³-hybridized carbons (Fsp3) is 0.667. The van der Waals surface area contributed by atoms with E-state index in [1.165, 1.54) is 12.8 Å². The topological polar surface area (TPSA) is 21.3 Å². The molecular weight excluding hydrogens is 265 g/mol. The Morgan fingerprint density at radius 1 is 1.24 bits per heavy atom. The predicted octanol–water partition coefficient (Wildman–Crippen LogP) is 3.69. The molecule has 1 aliphatic heterocycles. The first kappa shape index (κ1) is 15.0. The highest BCUT2D eigenvalue weighted by Crippen LogP contribution is 2.27. The number of rotatable bonds is 7. The zero-order valence-electron chi connectivity index (χ0n) is 12.9. The molecule has 1 N–H and O–H groups in total. The van der Waals surface area contributed by atoms with Crippen LogP contribution in [0.5, 0.6) is 0 Å². The molecule has 3 heteroatoms. The lowest BCUT2D eigenvalue weighted by molar-refractivity contribution is 0.0406. The molecule has 1 saturated carbocycles. The fourth-order valence-electron chi connectivity index (χ4n) is 3.26. The van der Waals surface area contributed by atoms with Gasteiger partial charge in [0.15, 0.2) is 0 Å². The summed E-state index contributed by atoms with van der Waals surface area (Å²) in [7, 11) is 0. The van der Waals surface area contributed by atoms with Gasteiger partial charge in [-0.25, -0.2) is 4.39 Å². The van der Waals surface area contributed by atoms with E-state index in [1.54, 1.807) is 12.1 Å². The van der Waals surface area contributed by atoms with Crippen molar-refractivity contribution in [1.82, 2.24) is 5.32 Å². The van der Waals surface area contributed by atoms with E-state index in [4.69, 9.17) is 4.74 Å². The molecule has 0 spiro atoms. The number of hydrogen-bond donors (Lipinski definition) is 1. The first-order valence-electron chi connectivity index (χ1n) is 8.33. The zero-order valence-corrected chi connectivity index (χ0v) is 12.9. The van der Waals surface area contributed by atoms with Crippen LogP contribution in [0.25, 0.3) is 0 Å². The van der Waals surface area contributed by atoms with Crippen LogP contribution in [0, 0.1) is 11.7 Å². The lowest BCUT2D eigenvalue weighted by Crippen LogP contribution is -2.29. The Morgan fingerprint density at radius 3 is 2.71 bits per heavy atom. The minimum atomic E-state index is -0.0744. The number of halogens is 1. The highest BCUT2D eigenvalue weighted by molar-refractivity contribution is 5.18. The summed E-state index contributed by atoms with van der Waals surface area (Å²) in [5.41, 5.74) is 0.839. The Kier molecular flexibility index (Phi) is 4.91. The molecule has 0 bridgehead atoms. The molecule has 1 heterocycles. The molecule has 0 aromatic heterocycles. The predicted molar refractivity (Wildman–Crippen MR) is 82.8 cm³/mol. The van der Waals surface area contributed by atoms with Crippen molar-refractivity contribution < 1.29 is 9.13 Å². The van der Waals surface area contributed by atoms with Gasteiger partial charge in [-0.15, -0.1) is 0 Å². The van der Waals surface area contributed by atoms with Crippen LogP contribution >= 0.6 is 0 Å². The minimum absolute atomic E-state index is 0.0744. The first-order chi connectivity index (χ1) is 10.2. The summed E-state index contributed by atoms with van der Waals surface area (Å²) in [4.78, 5) is 0. The zero-order chi connectivity index (χ0) is 14.7. The third-order valence-electron chi connectivity index (χ3n) is 4.66. The standard InChI is InChI=1S/C18H26FNO/c1-13-6-9-17(21-13)11-14(12-20-16-7-8-16)10-15-4-2-3-5-18(15)19/h2-5,13-14,16-17,20H,6-12H2,1H3. The van der Waals surface area contributed by atoms with Gasteiger partial charge in [0, 0.05) is 6.04 Å². The van der Waals surface area contributed by atoms with Crippen LogP contribution in [-0.2, 0) is 11.2 Å². The molecule has 2 aliphatic rings. The number of hydrogen-bond acceptors (Lipinski definition) is 2. The van der Waals surface area contributed by atoms with Crippen LogP contribution in [0.1, 0.15) is 44.6 Å². The normalized spacial score (nSPS) is 27.0. The smallest absolute Gasteiger partial charge is 0.126 e. The second kappa shape index (κ2) is 6.89. The van der Waals surface area contributed by atoms with E-state index >= 15 is 0 Å². The Bertz CT molecular complexity index is 460. The average Bonchev–Trinajstić information content (AvgIpc) is 3.21. The molecule has 3 atom stereocenters. The van der Waals surface area contributed by atoms with Crippen LogP contribution < -0.4 is 5.32 Å². The highest BCUT2D eigenvalue weighted by atomic mass is 19.1. The van der Waals surface area contributed by atoms with Gasteiger partial charge in [-0.2, -0.15) is 0 Å². The van der Waals surface area contributed by atoms with E-state index in [2.05, 4.69) is 12.2 Å². The van der Waals surface area contributed by atoms with Gasteiger partial charge in [0.05, 0.1) is 12.2 Å². The monoisotopic (exact) mass is 291 g/mol. The van der Waals surface area contributed by atoms with E-state index in [0.29, 0.717) is 24.2 Å². The van der Waals surface area contributed by atoms with Crippen molar-refractivity contribution in [2.45, 2.75) is 63.7 Å².